The second-order valence-corrected chi connectivity index (χ2v) is 12.8. The van der Waals surface area contributed by atoms with E-state index in [-0.39, 0.29) is 37.7 Å². The van der Waals surface area contributed by atoms with Crippen molar-refractivity contribution in [3.05, 3.63) is 252 Å². The van der Waals surface area contributed by atoms with Crippen molar-refractivity contribution in [2.24, 2.45) is 0 Å². The van der Waals surface area contributed by atoms with Crippen LogP contribution in [0.15, 0.2) is 219 Å². The van der Waals surface area contributed by atoms with Crippen molar-refractivity contribution in [1.82, 2.24) is 9.97 Å². The number of hydrogen-bond acceptors (Lipinski definition) is 2. The number of nitrogens with one attached hydrogen (secondary N) is 4. The minimum absolute atomic E-state index is 0. The third-order valence-corrected chi connectivity index (χ3v) is 7.75. The summed E-state index contributed by atoms with van der Waals surface area (Å²) >= 11 is 0. The zero-order chi connectivity index (χ0) is 40.9. The van der Waals surface area contributed by atoms with E-state index in [2.05, 4.69) is 130 Å². The molecule has 0 unspecified atom stereocenters. The van der Waals surface area contributed by atoms with E-state index < -0.39 is 0 Å². The predicted octanol–water partition coefficient (Wildman–Crippen LogP) is 2.43. The molecule has 10 heteroatoms. The Morgan fingerprint density at radius 1 is 0.367 bits per heavy atom. The van der Waals surface area contributed by atoms with Gasteiger partial charge in [-0.05, 0) is 100 Å². The molecule has 0 bridgehead atoms. The van der Waals surface area contributed by atoms with Crippen molar-refractivity contribution >= 4 is 34.4 Å². The van der Waals surface area contributed by atoms with Crippen molar-refractivity contribution in [3.8, 4) is 0 Å². The maximum Gasteiger partial charge on any atom is 1.00 e. The molecule has 8 aromatic rings. The topological polar surface area (TPSA) is 110 Å². The largest absolute Gasteiger partial charge is 1.00 e. The molecule has 0 radical (unpaired) electrons. The molecule has 4 N–H and O–H groups in total. The van der Waals surface area contributed by atoms with Crippen LogP contribution >= 0.6 is 0 Å². The van der Waals surface area contributed by atoms with Crippen LogP contribution in [0.3, 0.4) is 0 Å². The van der Waals surface area contributed by atoms with Crippen LogP contribution in [0.5, 0.6) is 0 Å². The van der Waals surface area contributed by atoms with Crippen LogP contribution in [0.2, 0.25) is 0 Å². The molecule has 4 aromatic heterocycles. The standard InChI is InChI=1S/C30H28N4.4C5H5N.2Li/c1-21-5-13-25(14-6-21)31-29(32-26-15-7-22(2)8-16-26)30(33-27-17-9-23(3)10-18-27)34-28-19-11-24(4)12-20-28;4*1-2-4-6-5-3-1;;/h5-20H,1-4H3;4*1-5H;;/q-2;;;;;2*+1/p+4. The van der Waals surface area contributed by atoms with E-state index in [0.717, 1.165) is 22.7 Å². The SMILES string of the molecule is Cc1ccc([N-]C(=[NH+]c2ccc(C)cc2)C([N-]c2ccc(C)cc2)=[NH+]c2ccc(C)cc2)cc1.[Li+].[Li+].c1cc[nH+]cc1.c1cc[nH+]cc1.c1ccncc1.c1ccncc1. The van der Waals surface area contributed by atoms with Crippen molar-refractivity contribution in [3.63, 3.8) is 0 Å². The first-order valence-corrected chi connectivity index (χ1v) is 19.0. The van der Waals surface area contributed by atoms with Gasteiger partial charge in [0.15, 0.2) is 36.5 Å². The number of pyridine rings is 4. The molecule has 0 aliphatic heterocycles. The zero-order valence-corrected chi connectivity index (χ0v) is 35.6. The van der Waals surface area contributed by atoms with Gasteiger partial charge in [0.05, 0.1) is 11.4 Å². The van der Waals surface area contributed by atoms with Gasteiger partial charge in [-0.25, -0.2) is 20.6 Å². The zero-order valence-electron chi connectivity index (χ0n) is 35.6. The predicted molar refractivity (Wildman–Crippen MR) is 236 cm³/mol. The Kier molecular flexibility index (Phi) is 25.4. The van der Waals surface area contributed by atoms with Crippen LogP contribution in [0.4, 0.5) is 22.7 Å². The van der Waals surface area contributed by atoms with Gasteiger partial charge in [0.25, 0.3) is 0 Å². The fraction of sp³-hybridized carbons (Fsp3) is 0.0800. The summed E-state index contributed by atoms with van der Waals surface area (Å²) in [5.41, 5.74) is 8.38. The molecule has 4 heterocycles. The first kappa shape index (κ1) is 49.8. The molecule has 8 nitrogen and oxygen atoms in total. The molecular formula is C50H52Li2N8+4. The summed E-state index contributed by atoms with van der Waals surface area (Å²) in [4.78, 5) is 20.3. The van der Waals surface area contributed by atoms with E-state index in [0.29, 0.717) is 11.7 Å². The molecule has 0 saturated heterocycles. The summed E-state index contributed by atoms with van der Waals surface area (Å²) < 4.78 is 0. The number of hydrogen-bond donors (Lipinski definition) is 2. The third-order valence-electron chi connectivity index (χ3n) is 7.75. The number of amidine groups is 2. The number of nitrogens with zero attached hydrogens (tertiary/aromatic N) is 4. The van der Waals surface area contributed by atoms with Crippen LogP contribution in [0, 0.1) is 27.7 Å². The van der Waals surface area contributed by atoms with E-state index in [1.54, 1.807) is 24.8 Å². The summed E-state index contributed by atoms with van der Waals surface area (Å²) in [6, 6.07) is 56.0. The van der Waals surface area contributed by atoms with Gasteiger partial charge in [-0.15, -0.1) is 0 Å². The third kappa shape index (κ3) is 22.0. The van der Waals surface area contributed by atoms with E-state index in [1.165, 1.54) is 22.3 Å². The minimum atomic E-state index is 0. The van der Waals surface area contributed by atoms with Crippen LogP contribution in [0.1, 0.15) is 22.3 Å². The maximum absolute atomic E-state index is 4.96. The van der Waals surface area contributed by atoms with Gasteiger partial charge in [0.2, 0.25) is 0 Å². The number of aryl methyl sites for hydroxylation is 4. The molecule has 60 heavy (non-hydrogen) atoms. The molecule has 0 saturated carbocycles. The molecule has 0 fully saturated rings. The average molecular weight is 779 g/mol. The quantitative estimate of drug-likeness (QED) is 0.163. The number of rotatable bonds is 4. The van der Waals surface area contributed by atoms with Gasteiger partial charge in [-0.3, -0.25) is 9.97 Å². The Morgan fingerprint density at radius 3 is 0.833 bits per heavy atom. The molecule has 4 aromatic carbocycles. The monoisotopic (exact) mass is 778 g/mol. The number of benzene rings is 4. The molecule has 8 rings (SSSR count). The molecule has 0 aliphatic rings. The Morgan fingerprint density at radius 2 is 0.633 bits per heavy atom. The first-order valence-electron chi connectivity index (χ1n) is 19.0. The average Bonchev–Trinajstić information content (AvgIpc) is 3.29. The van der Waals surface area contributed by atoms with Gasteiger partial charge < -0.3 is 9.98 Å². The Labute approximate surface area is 379 Å². The fourth-order valence-electron chi connectivity index (χ4n) is 4.63. The second kappa shape index (κ2) is 30.7. The smallest absolute Gasteiger partial charge is 0.337 e. The summed E-state index contributed by atoms with van der Waals surface area (Å²) in [5, 5.41) is 9.91. The van der Waals surface area contributed by atoms with E-state index in [4.69, 9.17) is 10.6 Å². The molecule has 0 amide bonds. The van der Waals surface area contributed by atoms with Crippen molar-refractivity contribution in [2.75, 3.05) is 0 Å². The van der Waals surface area contributed by atoms with Crippen molar-refractivity contribution in [2.45, 2.75) is 27.7 Å². The van der Waals surface area contributed by atoms with Gasteiger partial charge in [0.1, 0.15) is 0 Å². The Balaban J connectivity index is 0.000000380. The number of aromatic amines is 2. The van der Waals surface area contributed by atoms with E-state index in [1.807, 2.05) is 122 Å². The fourth-order valence-corrected chi connectivity index (χ4v) is 4.63. The molecule has 0 aliphatic carbocycles. The Bertz CT molecular complexity index is 1940. The van der Waals surface area contributed by atoms with Gasteiger partial charge in [-0.1, -0.05) is 95.1 Å². The van der Waals surface area contributed by atoms with Crippen molar-refractivity contribution in [1.29, 1.82) is 0 Å². The van der Waals surface area contributed by atoms with Crippen LogP contribution < -0.4 is 57.7 Å². The number of H-pyrrole nitrogens is 2. The summed E-state index contributed by atoms with van der Waals surface area (Å²) in [7, 11) is 0. The first-order chi connectivity index (χ1) is 28.4. The summed E-state index contributed by atoms with van der Waals surface area (Å²) in [5.74, 6) is 1.27. The molecule has 290 valence electrons. The van der Waals surface area contributed by atoms with Crippen LogP contribution in [0.25, 0.3) is 10.6 Å². The summed E-state index contributed by atoms with van der Waals surface area (Å²) in [6.07, 6.45) is 14.5. The minimum Gasteiger partial charge on any atom is -0.337 e. The van der Waals surface area contributed by atoms with Crippen molar-refractivity contribution < 1.29 is 57.7 Å². The summed E-state index contributed by atoms with van der Waals surface area (Å²) in [6.45, 7) is 8.30. The van der Waals surface area contributed by atoms with Crippen LogP contribution in [-0.4, -0.2) is 21.6 Å². The molecule has 0 atom stereocenters. The Hall–Kier alpha value is -6.39. The van der Waals surface area contributed by atoms with E-state index >= 15 is 0 Å². The maximum atomic E-state index is 4.96. The molecular weight excluding hydrogens is 726 g/mol. The number of aromatic nitrogens is 4. The normalized spacial score (nSPS) is 9.93. The van der Waals surface area contributed by atoms with Crippen LogP contribution in [-0.2, 0) is 0 Å². The van der Waals surface area contributed by atoms with E-state index in [9.17, 15) is 0 Å². The van der Waals surface area contributed by atoms with Gasteiger partial charge in [0, 0.05) is 60.4 Å². The second-order valence-electron chi connectivity index (χ2n) is 12.8. The molecule has 0 spiro atoms. The van der Waals surface area contributed by atoms with Gasteiger partial charge in [-0.2, -0.15) is 0 Å². The van der Waals surface area contributed by atoms with Gasteiger partial charge >= 0.3 is 37.7 Å².